The fraction of sp³-hybridized carbons (Fsp3) is 0.458. The van der Waals surface area contributed by atoms with Crippen LogP contribution in [0, 0.1) is 5.92 Å². The number of amides is 1. The Bertz CT molecular complexity index is 785. The Morgan fingerprint density at radius 1 is 1.00 bits per heavy atom. The summed E-state index contributed by atoms with van der Waals surface area (Å²) in [6.45, 7) is 8.11. The maximum absolute atomic E-state index is 12.4. The fourth-order valence-electron chi connectivity index (χ4n) is 3.33. The number of carbonyl (C=O) groups excluding carboxylic acids is 1. The van der Waals surface area contributed by atoms with Gasteiger partial charge in [-0.3, -0.25) is 0 Å². The van der Waals surface area contributed by atoms with Crippen molar-refractivity contribution in [3.63, 3.8) is 0 Å². The van der Waals surface area contributed by atoms with E-state index in [-0.39, 0.29) is 12.0 Å². The molecule has 3 rings (SSSR count). The van der Waals surface area contributed by atoms with Crippen LogP contribution >= 0.6 is 0 Å². The summed E-state index contributed by atoms with van der Waals surface area (Å²) in [5.41, 5.74) is 0.637. The van der Waals surface area contributed by atoms with Crippen molar-refractivity contribution in [2.24, 2.45) is 5.92 Å². The maximum atomic E-state index is 12.4. The molecular formula is C24H31NO4. The van der Waals surface area contributed by atoms with Gasteiger partial charge in [-0.25, -0.2) is 4.79 Å². The second kappa shape index (κ2) is 9.68. The molecular weight excluding hydrogens is 366 g/mol. The molecule has 0 saturated carbocycles. The number of ether oxygens (including phenoxy) is 3. The van der Waals surface area contributed by atoms with E-state index in [1.54, 1.807) is 4.90 Å². The van der Waals surface area contributed by atoms with Gasteiger partial charge in [0.1, 0.15) is 12.2 Å². The number of nitrogens with zero attached hydrogens (tertiary/aromatic N) is 1. The lowest BCUT2D eigenvalue weighted by Gasteiger charge is -2.34. The van der Waals surface area contributed by atoms with Crippen molar-refractivity contribution in [1.29, 1.82) is 0 Å². The van der Waals surface area contributed by atoms with Gasteiger partial charge < -0.3 is 19.1 Å². The summed E-state index contributed by atoms with van der Waals surface area (Å²) in [5, 5.41) is 0. The summed E-state index contributed by atoms with van der Waals surface area (Å²) in [6.07, 6.45) is 1.75. The van der Waals surface area contributed by atoms with Gasteiger partial charge in [0.2, 0.25) is 0 Å². The zero-order valence-electron chi connectivity index (χ0n) is 17.6. The largest absolute Gasteiger partial charge is 0.489 e. The first-order chi connectivity index (χ1) is 13.9. The molecule has 0 spiro atoms. The molecule has 1 amide bonds. The predicted octanol–water partition coefficient (Wildman–Crippen LogP) is 5.29. The van der Waals surface area contributed by atoms with Crippen molar-refractivity contribution in [2.45, 2.75) is 45.8 Å². The van der Waals surface area contributed by atoms with Crippen LogP contribution in [0.2, 0.25) is 0 Å². The van der Waals surface area contributed by atoms with E-state index in [1.807, 2.05) is 75.4 Å². The fourth-order valence-corrected chi connectivity index (χ4v) is 3.33. The summed E-state index contributed by atoms with van der Waals surface area (Å²) in [4.78, 5) is 14.1. The van der Waals surface area contributed by atoms with Gasteiger partial charge in [0, 0.05) is 19.0 Å². The molecule has 0 aromatic heterocycles. The van der Waals surface area contributed by atoms with Crippen molar-refractivity contribution in [1.82, 2.24) is 4.90 Å². The maximum Gasteiger partial charge on any atom is 0.410 e. The molecule has 1 aliphatic rings. The van der Waals surface area contributed by atoms with Gasteiger partial charge in [-0.2, -0.15) is 0 Å². The number of hydrogen-bond acceptors (Lipinski definition) is 4. The van der Waals surface area contributed by atoms with E-state index in [1.165, 1.54) is 0 Å². The van der Waals surface area contributed by atoms with Crippen LogP contribution in [0.15, 0.2) is 54.6 Å². The lowest BCUT2D eigenvalue weighted by molar-refractivity contribution is 0.0138. The first-order valence-electron chi connectivity index (χ1n) is 10.3. The SMILES string of the molecule is CC(C)(C)OC(=O)N1CCC[C@H](COc2ccccc2OCc2ccccc2)C1. The molecule has 0 aliphatic carbocycles. The van der Waals surface area contributed by atoms with Gasteiger partial charge in [0.15, 0.2) is 11.5 Å². The standard InChI is InChI=1S/C24H31NO4/c1-24(2,3)29-23(26)25-15-9-12-20(16-25)18-28-22-14-8-7-13-21(22)27-17-19-10-5-4-6-11-19/h4-8,10-11,13-14,20H,9,12,15-18H2,1-3H3/t20-/m0/s1. The number of para-hydroxylation sites is 2. The van der Waals surface area contributed by atoms with E-state index in [0.717, 1.165) is 36.4 Å². The van der Waals surface area contributed by atoms with Crippen molar-refractivity contribution in [3.05, 3.63) is 60.2 Å². The van der Waals surface area contributed by atoms with E-state index >= 15 is 0 Å². The van der Waals surface area contributed by atoms with Crippen molar-refractivity contribution < 1.29 is 19.0 Å². The monoisotopic (exact) mass is 397 g/mol. The second-order valence-corrected chi connectivity index (χ2v) is 8.47. The number of hydrogen-bond donors (Lipinski definition) is 0. The molecule has 2 aromatic carbocycles. The third-order valence-corrected chi connectivity index (χ3v) is 4.73. The number of benzene rings is 2. The average molecular weight is 398 g/mol. The Labute approximate surface area is 173 Å². The van der Waals surface area contributed by atoms with Gasteiger partial charge in [-0.15, -0.1) is 0 Å². The molecule has 0 bridgehead atoms. The van der Waals surface area contributed by atoms with Crippen LogP contribution in [0.4, 0.5) is 4.79 Å². The van der Waals surface area contributed by atoms with Crippen LogP contribution in [-0.4, -0.2) is 36.3 Å². The highest BCUT2D eigenvalue weighted by Gasteiger charge is 2.28. The molecule has 1 atom stereocenters. The Morgan fingerprint density at radius 3 is 2.34 bits per heavy atom. The molecule has 1 heterocycles. The third kappa shape index (κ3) is 6.70. The summed E-state index contributed by atoms with van der Waals surface area (Å²) in [6, 6.07) is 17.8. The predicted molar refractivity (Wildman–Crippen MR) is 113 cm³/mol. The molecule has 5 nitrogen and oxygen atoms in total. The lowest BCUT2D eigenvalue weighted by atomic mass is 9.99. The lowest BCUT2D eigenvalue weighted by Crippen LogP contribution is -2.44. The highest BCUT2D eigenvalue weighted by atomic mass is 16.6. The van der Waals surface area contributed by atoms with Crippen LogP contribution in [-0.2, 0) is 11.3 Å². The first-order valence-corrected chi connectivity index (χ1v) is 10.3. The minimum Gasteiger partial charge on any atom is -0.489 e. The summed E-state index contributed by atoms with van der Waals surface area (Å²) >= 11 is 0. The molecule has 1 fully saturated rings. The molecule has 0 radical (unpaired) electrons. The molecule has 1 saturated heterocycles. The van der Waals surface area contributed by atoms with Crippen molar-refractivity contribution >= 4 is 6.09 Å². The molecule has 0 unspecified atom stereocenters. The topological polar surface area (TPSA) is 48.0 Å². The summed E-state index contributed by atoms with van der Waals surface area (Å²) in [5.74, 6) is 1.74. The van der Waals surface area contributed by atoms with E-state index < -0.39 is 5.60 Å². The Hall–Kier alpha value is -2.69. The third-order valence-electron chi connectivity index (χ3n) is 4.73. The molecule has 29 heavy (non-hydrogen) atoms. The second-order valence-electron chi connectivity index (χ2n) is 8.47. The minimum absolute atomic E-state index is 0.242. The molecule has 156 valence electrons. The van der Waals surface area contributed by atoms with Crippen LogP contribution in [0.5, 0.6) is 11.5 Å². The smallest absolute Gasteiger partial charge is 0.410 e. The highest BCUT2D eigenvalue weighted by Crippen LogP contribution is 2.29. The van der Waals surface area contributed by atoms with Gasteiger partial charge in [0.05, 0.1) is 6.61 Å². The van der Waals surface area contributed by atoms with E-state index in [0.29, 0.717) is 19.8 Å². The van der Waals surface area contributed by atoms with Gasteiger partial charge in [-0.05, 0) is 51.3 Å². The molecule has 2 aromatic rings. The number of carbonyl (C=O) groups is 1. The summed E-state index contributed by atoms with van der Waals surface area (Å²) < 4.78 is 17.6. The van der Waals surface area contributed by atoms with E-state index in [2.05, 4.69) is 0 Å². The van der Waals surface area contributed by atoms with E-state index in [4.69, 9.17) is 14.2 Å². The average Bonchev–Trinajstić information content (AvgIpc) is 2.71. The van der Waals surface area contributed by atoms with Gasteiger partial charge in [-0.1, -0.05) is 42.5 Å². The number of piperidine rings is 1. The van der Waals surface area contributed by atoms with Gasteiger partial charge >= 0.3 is 6.09 Å². The van der Waals surface area contributed by atoms with Gasteiger partial charge in [0.25, 0.3) is 0 Å². The van der Waals surface area contributed by atoms with E-state index in [9.17, 15) is 4.79 Å². The summed E-state index contributed by atoms with van der Waals surface area (Å²) in [7, 11) is 0. The molecule has 0 N–H and O–H groups in total. The van der Waals surface area contributed by atoms with Crippen LogP contribution in [0.25, 0.3) is 0 Å². The number of likely N-dealkylation sites (tertiary alicyclic amines) is 1. The van der Waals surface area contributed by atoms with Crippen LogP contribution < -0.4 is 9.47 Å². The Morgan fingerprint density at radius 2 is 1.66 bits per heavy atom. The molecule has 1 aliphatic heterocycles. The first kappa shape index (κ1) is 21.0. The Balaban J connectivity index is 1.53. The minimum atomic E-state index is -0.477. The highest BCUT2D eigenvalue weighted by molar-refractivity contribution is 5.68. The van der Waals surface area contributed by atoms with Crippen LogP contribution in [0.3, 0.4) is 0 Å². The normalized spacial score (nSPS) is 16.9. The zero-order chi connectivity index (χ0) is 20.7. The van der Waals surface area contributed by atoms with Crippen molar-refractivity contribution in [2.75, 3.05) is 19.7 Å². The Kier molecular flexibility index (Phi) is 7.02. The quantitative estimate of drug-likeness (QED) is 0.664. The molecule has 5 heteroatoms. The van der Waals surface area contributed by atoms with Crippen molar-refractivity contribution in [3.8, 4) is 11.5 Å². The zero-order valence-corrected chi connectivity index (χ0v) is 17.6. The number of rotatable bonds is 6. The van der Waals surface area contributed by atoms with Crippen LogP contribution in [0.1, 0.15) is 39.2 Å².